The smallest absolute Gasteiger partial charge is 0.312 e. The van der Waals surface area contributed by atoms with Crippen LogP contribution in [0.3, 0.4) is 0 Å². The van der Waals surface area contributed by atoms with Gasteiger partial charge in [-0.15, -0.1) is 0 Å². The lowest BCUT2D eigenvalue weighted by Crippen LogP contribution is -2.35. The van der Waals surface area contributed by atoms with Crippen molar-refractivity contribution in [2.24, 2.45) is 5.92 Å². The van der Waals surface area contributed by atoms with E-state index in [1.54, 1.807) is 4.90 Å². The summed E-state index contributed by atoms with van der Waals surface area (Å²) in [6.07, 6.45) is 1.64. The van der Waals surface area contributed by atoms with Crippen molar-refractivity contribution in [1.82, 2.24) is 0 Å². The fourth-order valence-corrected chi connectivity index (χ4v) is 4.70. The highest BCUT2D eigenvalue weighted by Gasteiger charge is 2.62. The van der Waals surface area contributed by atoms with Crippen LogP contribution >= 0.6 is 0 Å². The van der Waals surface area contributed by atoms with Crippen molar-refractivity contribution in [2.45, 2.75) is 24.2 Å². The highest BCUT2D eigenvalue weighted by molar-refractivity contribution is 6.02. The van der Waals surface area contributed by atoms with Crippen LogP contribution in [0.4, 0.5) is 5.69 Å². The fraction of sp³-hybridized carbons (Fsp3) is 0.333. The Morgan fingerprint density at radius 1 is 1.12 bits per heavy atom. The number of fused-ring (bicyclic) bond motifs is 3. The van der Waals surface area contributed by atoms with E-state index < -0.39 is 11.9 Å². The van der Waals surface area contributed by atoms with Crippen LogP contribution in [0, 0.1) is 5.92 Å². The van der Waals surface area contributed by atoms with Crippen LogP contribution in [-0.4, -0.2) is 30.1 Å². The number of benzene rings is 2. The average Bonchev–Trinajstić information content (AvgIpc) is 3.23. The number of ether oxygens (including phenoxy) is 1. The van der Waals surface area contributed by atoms with Gasteiger partial charge < -0.3 is 14.7 Å². The number of carboxylic acids is 1. The van der Waals surface area contributed by atoms with Gasteiger partial charge in [-0.2, -0.15) is 0 Å². The van der Waals surface area contributed by atoms with Crippen LogP contribution in [0.1, 0.15) is 29.9 Å². The third kappa shape index (κ3) is 2.03. The maximum Gasteiger partial charge on any atom is 0.312 e. The first kappa shape index (κ1) is 15.4. The molecule has 5 heteroatoms. The lowest BCUT2D eigenvalue weighted by atomic mass is 9.87. The predicted molar refractivity (Wildman–Crippen MR) is 95.5 cm³/mol. The summed E-state index contributed by atoms with van der Waals surface area (Å²) >= 11 is 0. The normalized spacial score (nSPS) is 28.2. The van der Waals surface area contributed by atoms with E-state index in [-0.39, 0.29) is 23.8 Å². The molecule has 2 aromatic carbocycles. The summed E-state index contributed by atoms with van der Waals surface area (Å²) in [6, 6.07) is 15.3. The molecule has 1 amide bonds. The third-order valence-corrected chi connectivity index (χ3v) is 6.13. The van der Waals surface area contributed by atoms with Crippen molar-refractivity contribution in [2.75, 3.05) is 18.1 Å². The molecule has 2 aromatic rings. The fourth-order valence-electron chi connectivity index (χ4n) is 4.70. The quantitative estimate of drug-likeness (QED) is 0.905. The zero-order valence-electron chi connectivity index (χ0n) is 14.2. The van der Waals surface area contributed by atoms with Gasteiger partial charge in [0.15, 0.2) is 0 Å². The minimum Gasteiger partial charge on any atom is -0.493 e. The van der Waals surface area contributed by atoms with E-state index in [2.05, 4.69) is 6.07 Å². The predicted octanol–water partition coefficient (Wildman–Crippen LogP) is 2.94. The van der Waals surface area contributed by atoms with Crippen molar-refractivity contribution in [1.29, 1.82) is 0 Å². The minimum absolute atomic E-state index is 0.0397. The second-order valence-corrected chi connectivity index (χ2v) is 7.41. The van der Waals surface area contributed by atoms with Gasteiger partial charge in [-0.25, -0.2) is 0 Å². The molecule has 0 radical (unpaired) electrons. The number of nitrogens with zero attached hydrogens (tertiary/aromatic N) is 1. The molecule has 3 aliphatic rings. The van der Waals surface area contributed by atoms with Crippen LogP contribution in [0.2, 0.25) is 0 Å². The van der Waals surface area contributed by atoms with Crippen molar-refractivity contribution >= 4 is 17.6 Å². The summed E-state index contributed by atoms with van der Waals surface area (Å²) in [4.78, 5) is 26.6. The van der Waals surface area contributed by atoms with Crippen molar-refractivity contribution in [3.8, 4) is 5.75 Å². The van der Waals surface area contributed by atoms with E-state index in [9.17, 15) is 14.7 Å². The highest BCUT2D eigenvalue weighted by Crippen LogP contribution is 2.61. The maximum absolute atomic E-state index is 13.3. The number of hydrogen-bond acceptors (Lipinski definition) is 3. The molecule has 1 N–H and O–H groups in total. The number of aliphatic carboxylic acids is 1. The van der Waals surface area contributed by atoms with E-state index >= 15 is 0 Å². The molecule has 1 aliphatic carbocycles. The summed E-state index contributed by atoms with van der Waals surface area (Å²) in [5, 5.41) is 9.53. The molecule has 2 heterocycles. The molecule has 0 aromatic heterocycles. The molecule has 1 saturated carbocycles. The van der Waals surface area contributed by atoms with E-state index in [0.29, 0.717) is 6.61 Å². The SMILES string of the molecule is O=C(O)C1CN(C(=O)[C@@H]2C[C@]23CCOc2ccccc23)c2ccccc21. The number of carbonyl (C=O) groups is 2. The summed E-state index contributed by atoms with van der Waals surface area (Å²) in [7, 11) is 0. The van der Waals surface area contributed by atoms with Crippen LogP contribution < -0.4 is 9.64 Å². The summed E-state index contributed by atoms with van der Waals surface area (Å²) < 4.78 is 5.75. The second kappa shape index (κ2) is 5.34. The van der Waals surface area contributed by atoms with Crippen molar-refractivity contribution in [3.05, 3.63) is 59.7 Å². The molecule has 0 bridgehead atoms. The number of anilines is 1. The molecule has 1 fully saturated rings. The molecule has 132 valence electrons. The monoisotopic (exact) mass is 349 g/mol. The molecule has 26 heavy (non-hydrogen) atoms. The van der Waals surface area contributed by atoms with Gasteiger partial charge in [-0.1, -0.05) is 36.4 Å². The third-order valence-electron chi connectivity index (χ3n) is 6.13. The Kier molecular flexibility index (Phi) is 3.17. The van der Waals surface area contributed by atoms with Crippen molar-refractivity contribution < 1.29 is 19.4 Å². The number of hydrogen-bond donors (Lipinski definition) is 1. The van der Waals surface area contributed by atoms with E-state index in [0.717, 1.165) is 35.4 Å². The van der Waals surface area contributed by atoms with Gasteiger partial charge in [-0.3, -0.25) is 9.59 Å². The summed E-state index contributed by atoms with van der Waals surface area (Å²) in [5.74, 6) is -0.716. The largest absolute Gasteiger partial charge is 0.493 e. The number of para-hydroxylation sites is 2. The van der Waals surface area contributed by atoms with Gasteiger partial charge in [0.25, 0.3) is 0 Å². The van der Waals surface area contributed by atoms with Gasteiger partial charge in [0.05, 0.1) is 6.61 Å². The maximum atomic E-state index is 13.3. The van der Waals surface area contributed by atoms with Crippen molar-refractivity contribution in [3.63, 3.8) is 0 Å². The molecular formula is C21H19NO4. The molecule has 5 rings (SSSR count). The molecule has 1 spiro atoms. The van der Waals surface area contributed by atoms with Gasteiger partial charge >= 0.3 is 5.97 Å². The standard InChI is InChI=1S/C21H19NO4/c23-19(22-12-14(20(24)25)13-5-1-3-7-17(13)22)16-11-21(16)9-10-26-18-8-4-2-6-15(18)21/h1-8,14,16H,9-12H2,(H,24,25)/t14?,16-,21-/m0/s1. The molecule has 5 nitrogen and oxygen atoms in total. The van der Waals surface area contributed by atoms with Crippen LogP contribution in [0.15, 0.2) is 48.5 Å². The van der Waals surface area contributed by atoms with Gasteiger partial charge in [0, 0.05) is 29.1 Å². The number of rotatable bonds is 2. The summed E-state index contributed by atoms with van der Waals surface area (Å²) in [6.45, 7) is 0.841. The number of carbonyl (C=O) groups excluding carboxylic acids is 1. The van der Waals surface area contributed by atoms with E-state index in [1.807, 2.05) is 42.5 Å². The Hall–Kier alpha value is -2.82. The lowest BCUT2D eigenvalue weighted by molar-refractivity contribution is -0.138. The topological polar surface area (TPSA) is 66.8 Å². The summed E-state index contributed by atoms with van der Waals surface area (Å²) in [5.41, 5.74) is 2.44. The molecule has 0 saturated heterocycles. The Bertz CT molecular complexity index is 924. The molecular weight excluding hydrogens is 330 g/mol. The first-order valence-electron chi connectivity index (χ1n) is 8.97. The minimum atomic E-state index is -0.880. The van der Waals surface area contributed by atoms with Crippen LogP contribution in [0.25, 0.3) is 0 Å². The van der Waals surface area contributed by atoms with Crippen LogP contribution in [0.5, 0.6) is 5.75 Å². The van der Waals surface area contributed by atoms with Gasteiger partial charge in [0.1, 0.15) is 11.7 Å². The highest BCUT2D eigenvalue weighted by atomic mass is 16.5. The first-order chi connectivity index (χ1) is 12.6. The first-order valence-corrected chi connectivity index (χ1v) is 8.97. The molecule has 2 aliphatic heterocycles. The second-order valence-electron chi connectivity index (χ2n) is 7.41. The van der Waals surface area contributed by atoms with Crippen LogP contribution in [-0.2, 0) is 15.0 Å². The zero-order chi connectivity index (χ0) is 17.9. The van der Waals surface area contributed by atoms with Gasteiger partial charge in [0.2, 0.25) is 5.91 Å². The van der Waals surface area contributed by atoms with E-state index in [4.69, 9.17) is 4.74 Å². The Balaban J connectivity index is 1.48. The van der Waals surface area contributed by atoms with E-state index in [1.165, 1.54) is 0 Å². The average molecular weight is 349 g/mol. The number of amides is 1. The Morgan fingerprint density at radius 2 is 1.88 bits per heavy atom. The van der Waals surface area contributed by atoms with Gasteiger partial charge in [-0.05, 0) is 30.5 Å². The Labute approximate surface area is 151 Å². The zero-order valence-corrected chi connectivity index (χ0v) is 14.2. The number of carboxylic acid groups (broad SMARTS) is 1. The molecule has 3 atom stereocenters. The molecule has 1 unspecified atom stereocenters. The Morgan fingerprint density at radius 3 is 2.73 bits per heavy atom. The lowest BCUT2D eigenvalue weighted by Gasteiger charge is -2.28.